The van der Waals surface area contributed by atoms with Crippen LogP contribution in [0.1, 0.15) is 26.2 Å². The van der Waals surface area contributed by atoms with Gasteiger partial charge in [-0.25, -0.2) is 0 Å². The summed E-state index contributed by atoms with van der Waals surface area (Å²) < 4.78 is 0. The highest BCUT2D eigenvalue weighted by molar-refractivity contribution is 5.49. The highest BCUT2D eigenvalue weighted by Gasteiger charge is 2.12. The molecule has 1 heterocycles. The first-order valence-electron chi connectivity index (χ1n) is 6.14. The Morgan fingerprint density at radius 2 is 1.88 bits per heavy atom. The van der Waals surface area contributed by atoms with Crippen molar-refractivity contribution in [1.82, 2.24) is 4.90 Å². The summed E-state index contributed by atoms with van der Waals surface area (Å²) in [7, 11) is 0. The molecule has 1 aliphatic rings. The van der Waals surface area contributed by atoms with E-state index in [9.17, 15) is 0 Å². The predicted octanol–water partition coefficient (Wildman–Crippen LogP) is 3.43. The van der Waals surface area contributed by atoms with Crippen LogP contribution in [0.3, 0.4) is 0 Å². The van der Waals surface area contributed by atoms with Crippen molar-refractivity contribution in [3.05, 3.63) is 42.7 Å². The molecule has 0 fully saturated rings. The van der Waals surface area contributed by atoms with Gasteiger partial charge in [-0.2, -0.15) is 0 Å². The Bertz CT molecular complexity index is 332. The zero-order valence-corrected chi connectivity index (χ0v) is 9.97. The molecule has 0 N–H and O–H groups in total. The maximum Gasteiger partial charge on any atom is 0.0941 e. The molecule has 86 valence electrons. The summed E-state index contributed by atoms with van der Waals surface area (Å²) in [6.45, 7) is 4.41. The quantitative estimate of drug-likeness (QED) is 0.696. The van der Waals surface area contributed by atoms with Gasteiger partial charge in [0.25, 0.3) is 0 Å². The van der Waals surface area contributed by atoms with E-state index in [0.29, 0.717) is 0 Å². The van der Waals surface area contributed by atoms with E-state index < -0.39 is 0 Å². The van der Waals surface area contributed by atoms with E-state index in [0.717, 1.165) is 6.67 Å². The van der Waals surface area contributed by atoms with Gasteiger partial charge < -0.3 is 9.80 Å². The van der Waals surface area contributed by atoms with E-state index in [1.165, 1.54) is 31.5 Å². The number of rotatable bonds is 5. The van der Waals surface area contributed by atoms with Crippen molar-refractivity contribution < 1.29 is 0 Å². The summed E-state index contributed by atoms with van der Waals surface area (Å²) in [5.41, 5.74) is 1.27. The lowest BCUT2D eigenvalue weighted by Crippen LogP contribution is -2.25. The van der Waals surface area contributed by atoms with Crippen molar-refractivity contribution in [3.63, 3.8) is 0 Å². The molecule has 0 aliphatic carbocycles. The molecule has 16 heavy (non-hydrogen) atoms. The summed E-state index contributed by atoms with van der Waals surface area (Å²) in [5, 5.41) is 0. The van der Waals surface area contributed by atoms with Gasteiger partial charge in [0.2, 0.25) is 0 Å². The number of hydrogen-bond acceptors (Lipinski definition) is 2. The van der Waals surface area contributed by atoms with Crippen LogP contribution in [0.25, 0.3) is 0 Å². The van der Waals surface area contributed by atoms with E-state index in [4.69, 9.17) is 0 Å². The van der Waals surface area contributed by atoms with Crippen molar-refractivity contribution in [2.24, 2.45) is 0 Å². The third kappa shape index (κ3) is 2.78. The van der Waals surface area contributed by atoms with Crippen LogP contribution in [0.2, 0.25) is 0 Å². The summed E-state index contributed by atoms with van der Waals surface area (Å²) in [6, 6.07) is 10.5. The number of unbranched alkanes of at least 4 members (excludes halogenated alkanes) is 2. The lowest BCUT2D eigenvalue weighted by molar-refractivity contribution is 0.392. The van der Waals surface area contributed by atoms with Crippen molar-refractivity contribution >= 4 is 5.69 Å². The molecule has 0 spiro atoms. The monoisotopic (exact) mass is 216 g/mol. The number of para-hydroxylation sites is 1. The molecule has 1 aromatic carbocycles. The molecule has 2 heteroatoms. The normalized spacial score (nSPS) is 14.8. The molecule has 0 amide bonds. The van der Waals surface area contributed by atoms with Crippen LogP contribution < -0.4 is 4.90 Å². The molecule has 0 aromatic heterocycles. The van der Waals surface area contributed by atoms with Crippen LogP contribution in [-0.2, 0) is 0 Å². The van der Waals surface area contributed by atoms with E-state index >= 15 is 0 Å². The molecule has 2 nitrogen and oxygen atoms in total. The number of hydrogen-bond donors (Lipinski definition) is 0. The Balaban J connectivity index is 1.83. The van der Waals surface area contributed by atoms with E-state index in [1.54, 1.807) is 0 Å². The Morgan fingerprint density at radius 1 is 1.06 bits per heavy atom. The first kappa shape index (κ1) is 11.1. The van der Waals surface area contributed by atoms with Crippen LogP contribution >= 0.6 is 0 Å². The van der Waals surface area contributed by atoms with Gasteiger partial charge in [-0.1, -0.05) is 38.0 Å². The lowest BCUT2D eigenvalue weighted by Gasteiger charge is -2.21. The van der Waals surface area contributed by atoms with Crippen molar-refractivity contribution in [3.8, 4) is 0 Å². The smallest absolute Gasteiger partial charge is 0.0941 e. The fraction of sp³-hybridized carbons (Fsp3) is 0.429. The second kappa shape index (κ2) is 5.59. The maximum absolute atomic E-state index is 2.38. The average molecular weight is 216 g/mol. The van der Waals surface area contributed by atoms with Crippen LogP contribution in [-0.4, -0.2) is 18.1 Å². The molecular weight excluding hydrogens is 196 g/mol. The van der Waals surface area contributed by atoms with Crippen molar-refractivity contribution in [2.75, 3.05) is 18.1 Å². The standard InChI is InChI=1S/C14H20N2/c1-2-3-7-10-15-11-12-16(13-15)14-8-5-4-6-9-14/h4-6,8-9,11-12H,2-3,7,10,13H2,1H3. The van der Waals surface area contributed by atoms with Gasteiger partial charge >= 0.3 is 0 Å². The van der Waals surface area contributed by atoms with Crippen molar-refractivity contribution in [1.29, 1.82) is 0 Å². The highest BCUT2D eigenvalue weighted by Crippen LogP contribution is 2.18. The zero-order valence-electron chi connectivity index (χ0n) is 9.97. The SMILES string of the molecule is CCCCCN1C=CN(c2ccccc2)C1. The van der Waals surface area contributed by atoms with E-state index in [1.807, 2.05) is 0 Å². The molecule has 0 unspecified atom stereocenters. The summed E-state index contributed by atoms with van der Waals surface area (Å²) in [6.07, 6.45) is 8.28. The zero-order chi connectivity index (χ0) is 11.2. The van der Waals surface area contributed by atoms with Gasteiger partial charge in [-0.3, -0.25) is 0 Å². The second-order valence-corrected chi connectivity index (χ2v) is 4.26. The second-order valence-electron chi connectivity index (χ2n) is 4.26. The first-order valence-corrected chi connectivity index (χ1v) is 6.14. The number of anilines is 1. The van der Waals surface area contributed by atoms with Crippen LogP contribution in [0, 0.1) is 0 Å². The molecule has 1 aliphatic heterocycles. The minimum absolute atomic E-state index is 0.994. The number of nitrogens with zero attached hydrogens (tertiary/aromatic N) is 2. The predicted molar refractivity (Wildman–Crippen MR) is 69.2 cm³/mol. The summed E-state index contributed by atoms with van der Waals surface area (Å²) in [4.78, 5) is 4.66. The third-order valence-electron chi connectivity index (χ3n) is 2.93. The Labute approximate surface area is 98.2 Å². The Hall–Kier alpha value is -1.44. The van der Waals surface area contributed by atoms with E-state index in [-0.39, 0.29) is 0 Å². The van der Waals surface area contributed by atoms with Gasteiger partial charge in [-0.15, -0.1) is 0 Å². The molecule has 0 saturated heterocycles. The van der Waals surface area contributed by atoms with Crippen LogP contribution in [0.4, 0.5) is 5.69 Å². The molecule has 0 atom stereocenters. The van der Waals surface area contributed by atoms with Gasteiger partial charge in [0, 0.05) is 24.6 Å². The minimum Gasteiger partial charge on any atom is -0.358 e. The highest BCUT2D eigenvalue weighted by atomic mass is 15.3. The van der Waals surface area contributed by atoms with Gasteiger partial charge in [-0.05, 0) is 18.6 Å². The average Bonchev–Trinajstić information content (AvgIpc) is 2.79. The van der Waals surface area contributed by atoms with Crippen LogP contribution in [0.15, 0.2) is 42.7 Å². The Morgan fingerprint density at radius 3 is 2.62 bits per heavy atom. The van der Waals surface area contributed by atoms with Gasteiger partial charge in [0.1, 0.15) is 0 Å². The Kier molecular flexibility index (Phi) is 3.86. The van der Waals surface area contributed by atoms with Crippen LogP contribution in [0.5, 0.6) is 0 Å². The fourth-order valence-corrected chi connectivity index (χ4v) is 1.96. The third-order valence-corrected chi connectivity index (χ3v) is 2.93. The van der Waals surface area contributed by atoms with Gasteiger partial charge in [0.15, 0.2) is 0 Å². The topological polar surface area (TPSA) is 6.48 Å². The first-order chi connectivity index (χ1) is 7.90. The largest absolute Gasteiger partial charge is 0.358 e. The summed E-state index contributed by atoms with van der Waals surface area (Å²) in [5.74, 6) is 0. The van der Waals surface area contributed by atoms with E-state index in [2.05, 4.69) is 59.5 Å². The lowest BCUT2D eigenvalue weighted by atomic mass is 10.2. The molecule has 0 saturated carbocycles. The minimum atomic E-state index is 0.994. The maximum atomic E-state index is 2.38. The summed E-state index contributed by atoms with van der Waals surface area (Å²) >= 11 is 0. The number of benzene rings is 1. The fourth-order valence-electron chi connectivity index (χ4n) is 1.96. The molecule has 0 radical (unpaired) electrons. The molecular formula is C14H20N2. The molecule has 2 rings (SSSR count). The molecule has 0 bridgehead atoms. The van der Waals surface area contributed by atoms with Gasteiger partial charge in [0.05, 0.1) is 6.67 Å². The molecule has 1 aromatic rings. The van der Waals surface area contributed by atoms with Crippen molar-refractivity contribution in [2.45, 2.75) is 26.2 Å².